The summed E-state index contributed by atoms with van der Waals surface area (Å²) < 4.78 is 60.3. The summed E-state index contributed by atoms with van der Waals surface area (Å²) in [6.45, 7) is 6.79. The van der Waals surface area contributed by atoms with E-state index in [1.807, 2.05) is 31.7 Å². The lowest BCUT2D eigenvalue weighted by Crippen LogP contribution is -2.33. The van der Waals surface area contributed by atoms with Crippen molar-refractivity contribution in [3.05, 3.63) is 38.7 Å². The number of primary sulfonamides is 1. The van der Waals surface area contributed by atoms with Gasteiger partial charge in [-0.05, 0) is 49.8 Å². The monoisotopic (exact) mass is 670 g/mol. The number of aryl methyl sites for hydroxylation is 3. The summed E-state index contributed by atoms with van der Waals surface area (Å²) in [5.74, 6) is 0. The van der Waals surface area contributed by atoms with Crippen LogP contribution in [-0.4, -0.2) is 61.5 Å². The molecule has 0 atom stereocenters. The first-order chi connectivity index (χ1) is 18.7. The lowest BCUT2D eigenvalue weighted by Gasteiger charge is -2.05. The molecule has 0 saturated carbocycles. The third kappa shape index (κ3) is 10.1. The van der Waals surface area contributed by atoms with Crippen molar-refractivity contribution in [3.8, 4) is 0 Å². The van der Waals surface area contributed by atoms with Crippen molar-refractivity contribution in [2.24, 2.45) is 5.14 Å². The van der Waals surface area contributed by atoms with Crippen LogP contribution in [0.1, 0.15) is 33.5 Å². The maximum atomic E-state index is 12.4. The fourth-order valence-corrected chi connectivity index (χ4v) is 9.45. The molecule has 2 amide bonds. The molecule has 0 bridgehead atoms. The van der Waals surface area contributed by atoms with E-state index in [4.69, 9.17) is 14.6 Å². The molecule has 0 unspecified atom stereocenters. The number of hydrogen-bond donors (Lipinski definition) is 3. The topological polar surface area (TPSA) is 167 Å². The molecule has 3 aromatic heterocycles. The van der Waals surface area contributed by atoms with Gasteiger partial charge in [-0.25, -0.2) is 36.5 Å². The smallest absolute Gasteiger partial charge is 0.334 e. The molecule has 224 valence electrons. The van der Waals surface area contributed by atoms with Gasteiger partial charge in [-0.3, -0.25) is 5.32 Å². The second kappa shape index (κ2) is 15.6. The number of rotatable bonds is 12. The van der Waals surface area contributed by atoms with Crippen LogP contribution in [0.15, 0.2) is 24.8 Å². The zero-order chi connectivity index (χ0) is 30.1. The van der Waals surface area contributed by atoms with Gasteiger partial charge in [0, 0.05) is 36.8 Å². The molecule has 17 heteroatoms. The maximum Gasteiger partial charge on any atom is 0.334 e. The summed E-state index contributed by atoms with van der Waals surface area (Å²) in [5.41, 5.74) is 2.71. The molecule has 0 aliphatic carbocycles. The number of carbonyl (C=O) groups is 1. The third-order valence-corrected chi connectivity index (χ3v) is 13.2. The molecule has 0 spiro atoms. The quantitative estimate of drug-likeness (QED) is 0.237. The van der Waals surface area contributed by atoms with Crippen molar-refractivity contribution in [3.63, 3.8) is 0 Å². The predicted molar refractivity (Wildman–Crippen MR) is 163 cm³/mol. The molecule has 0 saturated heterocycles. The van der Waals surface area contributed by atoms with Crippen molar-refractivity contribution >= 4 is 77.0 Å². The fraction of sp³-hybridized carbons (Fsp3) is 0.478. The Balaban J connectivity index is 0.000000337. The van der Waals surface area contributed by atoms with Crippen LogP contribution >= 0.6 is 45.8 Å². The van der Waals surface area contributed by atoms with Gasteiger partial charge in [0.15, 0.2) is 5.13 Å². The summed E-state index contributed by atoms with van der Waals surface area (Å²) in [5, 5.41) is 7.90. The normalized spacial score (nSPS) is 11.7. The molecule has 0 aliphatic heterocycles. The Morgan fingerprint density at radius 2 is 1.50 bits per heavy atom. The van der Waals surface area contributed by atoms with Crippen molar-refractivity contribution < 1.29 is 31.1 Å². The van der Waals surface area contributed by atoms with Gasteiger partial charge in [0.1, 0.15) is 8.42 Å². The van der Waals surface area contributed by atoms with Crippen LogP contribution < -0.4 is 15.2 Å². The number of thiazole rings is 1. The van der Waals surface area contributed by atoms with Crippen molar-refractivity contribution in [2.45, 2.75) is 52.7 Å². The number of carbonyl (C=O) groups excluding carboxylic acids is 1. The number of nitrogens with zero attached hydrogens (tertiary/aromatic N) is 1. The molecule has 3 rings (SSSR count). The largest absolute Gasteiger partial charge is 0.384 e. The van der Waals surface area contributed by atoms with Crippen molar-refractivity contribution in [1.82, 2.24) is 9.71 Å². The van der Waals surface area contributed by atoms with Gasteiger partial charge in [-0.1, -0.05) is 18.3 Å². The Morgan fingerprint density at radius 3 is 1.93 bits per heavy atom. The minimum atomic E-state index is -3.93. The maximum absolute atomic E-state index is 12.4. The van der Waals surface area contributed by atoms with E-state index in [1.165, 1.54) is 22.7 Å². The number of nitrogens with two attached hydrogens (primary N) is 1. The average Bonchev–Trinajstić information content (AvgIpc) is 3.57. The summed E-state index contributed by atoms with van der Waals surface area (Å²) in [4.78, 5) is 18.4. The number of urea groups is 1. The Morgan fingerprint density at radius 1 is 0.975 bits per heavy atom. The molecule has 0 aromatic carbocycles. The zero-order valence-corrected chi connectivity index (χ0v) is 27.9. The van der Waals surface area contributed by atoms with Gasteiger partial charge in [0.2, 0.25) is 10.0 Å². The third-order valence-electron chi connectivity index (χ3n) is 5.24. The van der Waals surface area contributed by atoms with E-state index in [9.17, 15) is 21.6 Å². The second-order valence-electron chi connectivity index (χ2n) is 8.24. The molecule has 40 heavy (non-hydrogen) atoms. The van der Waals surface area contributed by atoms with E-state index in [1.54, 1.807) is 38.1 Å². The van der Waals surface area contributed by atoms with Gasteiger partial charge in [0.05, 0.1) is 23.1 Å². The first kappa shape index (κ1) is 34.6. The average molecular weight is 671 g/mol. The molecule has 3 heterocycles. The van der Waals surface area contributed by atoms with E-state index in [0.29, 0.717) is 24.8 Å². The highest BCUT2D eigenvalue weighted by atomic mass is 32.3. The van der Waals surface area contributed by atoms with Crippen LogP contribution in [0.5, 0.6) is 0 Å². The van der Waals surface area contributed by atoms with Gasteiger partial charge in [0.25, 0.3) is 10.0 Å². The predicted octanol–water partition coefficient (Wildman–Crippen LogP) is 4.39. The number of sulfonamides is 2. The van der Waals surface area contributed by atoms with Crippen LogP contribution in [-0.2, 0) is 48.8 Å². The van der Waals surface area contributed by atoms with Gasteiger partial charge in [-0.2, -0.15) is 0 Å². The first-order valence-electron chi connectivity index (χ1n) is 11.8. The van der Waals surface area contributed by atoms with E-state index in [2.05, 4.69) is 10.3 Å². The molecule has 11 nitrogen and oxygen atoms in total. The molecule has 3 aromatic rings. The van der Waals surface area contributed by atoms with E-state index >= 15 is 0 Å². The number of amides is 2. The van der Waals surface area contributed by atoms with Gasteiger partial charge < -0.3 is 9.47 Å². The fourth-order valence-electron chi connectivity index (χ4n) is 3.20. The highest BCUT2D eigenvalue weighted by Gasteiger charge is 2.22. The van der Waals surface area contributed by atoms with E-state index < -0.39 is 26.1 Å². The lowest BCUT2D eigenvalue weighted by molar-refractivity contribution is 0.203. The Labute approximate surface area is 252 Å². The van der Waals surface area contributed by atoms with Crippen LogP contribution in [0.4, 0.5) is 9.93 Å². The summed E-state index contributed by atoms with van der Waals surface area (Å²) in [7, 11) is -4.28. The highest BCUT2D eigenvalue weighted by Crippen LogP contribution is 2.31. The summed E-state index contributed by atoms with van der Waals surface area (Å²) in [6, 6.07) is 2.35. The minimum Gasteiger partial charge on any atom is -0.384 e. The standard InChI is InChI=1S/C15H21N3O4S4.C8H13NO3S2/c1-5-10-13(23-4)25-15(16-10)17-14(19)18-26(20,21)12-8-9(2)11(24-12)6-7-22-3;1-6-5-8(14(9,10)11)13-7(6)3-4-12-2/h8H,5-7H2,1-4H3,(H2,16,17,18,19);5H,3-4H2,1-2H3,(H2,9,10,11). The summed E-state index contributed by atoms with van der Waals surface area (Å²) >= 11 is 5.22. The molecule has 0 aliphatic rings. The number of anilines is 1. The Hall–Kier alpha value is -1.57. The number of thiophene rings is 2. The molecular formula is C23H34N4O7S6. The van der Waals surface area contributed by atoms with Crippen LogP contribution in [0, 0.1) is 13.8 Å². The Kier molecular flexibility index (Phi) is 13.5. The number of aromatic nitrogens is 1. The van der Waals surface area contributed by atoms with Crippen molar-refractivity contribution in [1.29, 1.82) is 0 Å². The molecule has 4 N–H and O–H groups in total. The van der Waals surface area contributed by atoms with E-state index in [-0.39, 0.29) is 8.42 Å². The first-order valence-corrected chi connectivity index (χ1v) is 18.5. The van der Waals surface area contributed by atoms with Gasteiger partial charge >= 0.3 is 6.03 Å². The van der Waals surface area contributed by atoms with Crippen LogP contribution in [0.2, 0.25) is 0 Å². The SMILES string of the molecule is CCc1nc(NC(=O)NS(=O)(=O)c2cc(C)c(CCOC)s2)sc1SC.COCCc1sc(S(N)(=O)=O)cc1C. The minimum absolute atomic E-state index is 0.106. The highest BCUT2D eigenvalue weighted by molar-refractivity contribution is 8.00. The molecule has 0 radical (unpaired) electrons. The molecular weight excluding hydrogens is 637 g/mol. The lowest BCUT2D eigenvalue weighted by atomic mass is 10.2. The number of methoxy groups -OCH3 is 2. The number of thioether (sulfide) groups is 1. The van der Waals surface area contributed by atoms with Crippen molar-refractivity contribution in [2.75, 3.05) is 39.0 Å². The second-order valence-corrected chi connectivity index (χ2v) is 16.3. The Bertz CT molecular complexity index is 1470. The number of hydrogen-bond acceptors (Lipinski definition) is 12. The van der Waals surface area contributed by atoms with Crippen LogP contribution in [0.3, 0.4) is 0 Å². The molecule has 0 fully saturated rings. The summed E-state index contributed by atoms with van der Waals surface area (Å²) in [6.07, 6.45) is 4.03. The zero-order valence-electron chi connectivity index (χ0n) is 23.0. The number of ether oxygens (including phenoxy) is 2. The van der Waals surface area contributed by atoms with E-state index in [0.717, 1.165) is 55.0 Å². The number of nitrogens with one attached hydrogen (secondary N) is 2. The van der Waals surface area contributed by atoms with Crippen LogP contribution in [0.25, 0.3) is 0 Å². The van der Waals surface area contributed by atoms with Gasteiger partial charge in [-0.15, -0.1) is 34.4 Å².